The van der Waals surface area contributed by atoms with Crippen molar-refractivity contribution in [3.05, 3.63) is 41.3 Å². The standard InChI is InChI=1S/C22H24N6O4/c1-27-7-9-28(10-8-27)14-4-6-16(17(11-14)31-2)24-22-23-12-13-3-5-15-19(18(13)25-22)26-32-20(15)21(29)30/h4,6,11-12H,3,5,7-10H2,1-2H3,(H,29,30)(H,23,24,25). The molecule has 2 N–H and O–H groups in total. The van der Waals surface area contributed by atoms with E-state index in [1.165, 1.54) is 0 Å². The van der Waals surface area contributed by atoms with Crippen LogP contribution in [0, 0.1) is 0 Å². The molecule has 1 saturated heterocycles. The third kappa shape index (κ3) is 3.62. The molecule has 10 nitrogen and oxygen atoms in total. The number of methoxy groups -OCH3 is 1. The molecule has 166 valence electrons. The minimum absolute atomic E-state index is 0.125. The number of carboxylic acids is 1. The van der Waals surface area contributed by atoms with E-state index in [1.54, 1.807) is 13.3 Å². The SMILES string of the molecule is COc1cc(N2CCN(C)CC2)ccc1Nc1ncc2c(n1)-c1noc(C(=O)O)c1CC2. The number of aromatic nitrogens is 3. The Morgan fingerprint density at radius 3 is 2.75 bits per heavy atom. The van der Waals surface area contributed by atoms with Crippen molar-refractivity contribution in [3.8, 4) is 17.1 Å². The summed E-state index contributed by atoms with van der Waals surface area (Å²) in [6.07, 6.45) is 2.91. The van der Waals surface area contributed by atoms with Crippen LogP contribution in [0.2, 0.25) is 0 Å². The molecule has 1 aromatic carbocycles. The van der Waals surface area contributed by atoms with Crippen molar-refractivity contribution >= 4 is 23.3 Å². The van der Waals surface area contributed by atoms with Crippen LogP contribution in [0.15, 0.2) is 28.9 Å². The fraction of sp³-hybridized carbons (Fsp3) is 0.364. The second-order valence-corrected chi connectivity index (χ2v) is 8.01. The molecule has 3 heterocycles. The Bertz CT molecular complexity index is 1170. The van der Waals surface area contributed by atoms with Crippen LogP contribution in [0.3, 0.4) is 0 Å². The summed E-state index contributed by atoms with van der Waals surface area (Å²) in [5.74, 6) is -0.181. The molecule has 1 aliphatic heterocycles. The number of anilines is 3. The molecule has 1 aliphatic carbocycles. The number of likely N-dealkylation sites (N-methyl/N-ethyl adjacent to an activating group) is 1. The van der Waals surface area contributed by atoms with E-state index in [9.17, 15) is 9.90 Å². The summed E-state index contributed by atoms with van der Waals surface area (Å²) in [6, 6.07) is 6.03. The summed E-state index contributed by atoms with van der Waals surface area (Å²) in [5.41, 5.74) is 4.39. The number of aryl methyl sites for hydroxylation is 1. The Hall–Kier alpha value is -3.66. The maximum Gasteiger partial charge on any atom is 0.375 e. The Balaban J connectivity index is 1.42. The van der Waals surface area contributed by atoms with Gasteiger partial charge >= 0.3 is 5.97 Å². The van der Waals surface area contributed by atoms with Gasteiger partial charge in [0.15, 0.2) is 0 Å². The molecule has 2 aliphatic rings. The minimum Gasteiger partial charge on any atom is -0.494 e. The molecule has 3 aromatic rings. The van der Waals surface area contributed by atoms with E-state index in [-0.39, 0.29) is 5.76 Å². The summed E-state index contributed by atoms with van der Waals surface area (Å²) in [4.78, 5) is 25.1. The van der Waals surface area contributed by atoms with E-state index < -0.39 is 5.97 Å². The summed E-state index contributed by atoms with van der Waals surface area (Å²) in [6.45, 7) is 4.00. The third-order valence-corrected chi connectivity index (χ3v) is 6.02. The maximum absolute atomic E-state index is 11.4. The zero-order valence-corrected chi connectivity index (χ0v) is 18.0. The molecule has 0 amide bonds. The lowest BCUT2D eigenvalue weighted by molar-refractivity contribution is 0.0650. The Morgan fingerprint density at radius 2 is 2.00 bits per heavy atom. The van der Waals surface area contributed by atoms with Crippen molar-refractivity contribution < 1.29 is 19.2 Å². The quantitative estimate of drug-likeness (QED) is 0.617. The highest BCUT2D eigenvalue weighted by molar-refractivity contribution is 5.89. The topological polar surface area (TPSA) is 117 Å². The van der Waals surface area contributed by atoms with Crippen molar-refractivity contribution in [1.29, 1.82) is 0 Å². The third-order valence-electron chi connectivity index (χ3n) is 6.02. The van der Waals surface area contributed by atoms with Crippen molar-refractivity contribution in [2.45, 2.75) is 12.8 Å². The molecule has 0 spiro atoms. The molecule has 0 unspecified atom stereocenters. The Labute approximate surface area is 184 Å². The number of carboxylic acid groups (broad SMARTS) is 1. The molecule has 32 heavy (non-hydrogen) atoms. The van der Waals surface area contributed by atoms with Crippen LogP contribution in [0.4, 0.5) is 17.3 Å². The van der Waals surface area contributed by atoms with Crippen molar-refractivity contribution in [2.75, 3.05) is 50.6 Å². The first-order valence-corrected chi connectivity index (χ1v) is 10.5. The second-order valence-electron chi connectivity index (χ2n) is 8.01. The van der Waals surface area contributed by atoms with Gasteiger partial charge in [-0.25, -0.2) is 14.8 Å². The maximum atomic E-state index is 11.4. The lowest BCUT2D eigenvalue weighted by atomic mass is 9.94. The molecule has 1 fully saturated rings. The van der Waals surface area contributed by atoms with Gasteiger partial charge in [-0.15, -0.1) is 0 Å². The first kappa shape index (κ1) is 20.3. The van der Waals surface area contributed by atoms with Gasteiger partial charge in [-0.2, -0.15) is 0 Å². The average molecular weight is 436 g/mol. The Kier molecular flexibility index (Phi) is 5.14. The molecule has 0 saturated carbocycles. The smallest absolute Gasteiger partial charge is 0.375 e. The van der Waals surface area contributed by atoms with Crippen molar-refractivity contribution in [2.24, 2.45) is 0 Å². The summed E-state index contributed by atoms with van der Waals surface area (Å²) in [5, 5.41) is 16.5. The van der Waals surface area contributed by atoms with Gasteiger partial charge < -0.3 is 29.5 Å². The number of nitrogens with one attached hydrogen (secondary N) is 1. The Morgan fingerprint density at radius 1 is 1.19 bits per heavy atom. The van der Waals surface area contributed by atoms with Crippen LogP contribution in [-0.4, -0.2) is 71.4 Å². The van der Waals surface area contributed by atoms with Gasteiger partial charge in [0, 0.05) is 49.7 Å². The number of rotatable bonds is 5. The summed E-state index contributed by atoms with van der Waals surface area (Å²) < 4.78 is 10.7. The van der Waals surface area contributed by atoms with Crippen LogP contribution in [-0.2, 0) is 12.8 Å². The zero-order chi connectivity index (χ0) is 22.2. The van der Waals surface area contributed by atoms with Gasteiger partial charge in [0.05, 0.1) is 12.8 Å². The fourth-order valence-electron chi connectivity index (χ4n) is 4.17. The van der Waals surface area contributed by atoms with Crippen LogP contribution in [0.5, 0.6) is 5.75 Å². The number of hydrogen-bond acceptors (Lipinski definition) is 9. The van der Waals surface area contributed by atoms with Crippen LogP contribution in [0.1, 0.15) is 21.7 Å². The highest BCUT2D eigenvalue weighted by Gasteiger charge is 2.29. The predicted octanol–water partition coefficient (Wildman–Crippen LogP) is 2.43. The van der Waals surface area contributed by atoms with Gasteiger partial charge in [-0.1, -0.05) is 5.16 Å². The lowest BCUT2D eigenvalue weighted by Gasteiger charge is -2.34. The van der Waals surface area contributed by atoms with Crippen LogP contribution >= 0.6 is 0 Å². The van der Waals surface area contributed by atoms with E-state index in [0.717, 1.165) is 43.1 Å². The first-order valence-electron chi connectivity index (χ1n) is 10.5. The molecular formula is C22H24N6O4. The molecule has 10 heteroatoms. The number of carbonyl (C=O) groups is 1. The van der Waals surface area contributed by atoms with E-state index in [2.05, 4.69) is 43.4 Å². The summed E-state index contributed by atoms with van der Waals surface area (Å²) >= 11 is 0. The number of hydrogen-bond donors (Lipinski definition) is 2. The van der Waals surface area contributed by atoms with Gasteiger partial charge in [-0.3, -0.25) is 0 Å². The average Bonchev–Trinajstić information content (AvgIpc) is 3.25. The molecule has 2 aromatic heterocycles. The van der Waals surface area contributed by atoms with Crippen LogP contribution < -0.4 is 15.0 Å². The van der Waals surface area contributed by atoms with E-state index >= 15 is 0 Å². The van der Waals surface area contributed by atoms with Crippen molar-refractivity contribution in [1.82, 2.24) is 20.0 Å². The predicted molar refractivity (Wildman–Crippen MR) is 118 cm³/mol. The fourth-order valence-corrected chi connectivity index (χ4v) is 4.17. The number of nitrogens with zero attached hydrogens (tertiary/aromatic N) is 5. The summed E-state index contributed by atoms with van der Waals surface area (Å²) in [7, 11) is 3.77. The lowest BCUT2D eigenvalue weighted by Crippen LogP contribution is -2.44. The normalized spacial score (nSPS) is 15.8. The number of ether oxygens (including phenoxy) is 1. The second kappa shape index (κ2) is 8.12. The number of benzene rings is 1. The van der Waals surface area contributed by atoms with Gasteiger partial charge in [-0.05, 0) is 37.6 Å². The van der Waals surface area contributed by atoms with Crippen LogP contribution in [0.25, 0.3) is 11.4 Å². The highest BCUT2D eigenvalue weighted by Crippen LogP contribution is 2.35. The minimum atomic E-state index is -1.13. The van der Waals surface area contributed by atoms with E-state index in [4.69, 9.17) is 9.26 Å². The molecule has 5 rings (SSSR count). The molecule has 0 atom stereocenters. The highest BCUT2D eigenvalue weighted by atomic mass is 16.5. The molecular weight excluding hydrogens is 412 g/mol. The largest absolute Gasteiger partial charge is 0.494 e. The monoisotopic (exact) mass is 436 g/mol. The number of piperazine rings is 1. The first-order chi connectivity index (χ1) is 15.5. The number of fused-ring (bicyclic) bond motifs is 3. The van der Waals surface area contributed by atoms with Gasteiger partial charge in [0.1, 0.15) is 17.1 Å². The van der Waals surface area contributed by atoms with E-state index in [0.29, 0.717) is 41.5 Å². The zero-order valence-electron chi connectivity index (χ0n) is 18.0. The van der Waals surface area contributed by atoms with E-state index in [1.807, 2.05) is 12.1 Å². The molecule has 0 bridgehead atoms. The number of aromatic carboxylic acids is 1. The van der Waals surface area contributed by atoms with Gasteiger partial charge in [0.2, 0.25) is 11.7 Å². The molecule has 0 radical (unpaired) electrons. The van der Waals surface area contributed by atoms with Gasteiger partial charge in [0.25, 0.3) is 0 Å². The van der Waals surface area contributed by atoms with Crippen molar-refractivity contribution in [3.63, 3.8) is 0 Å².